The molecule has 0 aliphatic rings. The number of amides is 1. The molecule has 0 unspecified atom stereocenters. The van der Waals surface area contributed by atoms with Crippen LogP contribution in [-0.2, 0) is 11.2 Å². The van der Waals surface area contributed by atoms with Gasteiger partial charge >= 0.3 is 0 Å². The van der Waals surface area contributed by atoms with Gasteiger partial charge in [0.15, 0.2) is 0 Å². The van der Waals surface area contributed by atoms with Gasteiger partial charge in [0, 0.05) is 36.6 Å². The smallest absolute Gasteiger partial charge is 0.248 e. The Bertz CT molecular complexity index is 862. The summed E-state index contributed by atoms with van der Waals surface area (Å²) in [4.78, 5) is 16.0. The summed E-state index contributed by atoms with van der Waals surface area (Å²) in [7, 11) is 0. The molecule has 3 aromatic rings. The number of hydrogen-bond acceptors (Lipinski definition) is 3. The van der Waals surface area contributed by atoms with Crippen LogP contribution >= 0.6 is 0 Å². The highest BCUT2D eigenvalue weighted by atomic mass is 16.5. The summed E-state index contributed by atoms with van der Waals surface area (Å²) >= 11 is 0. The normalized spacial score (nSPS) is 10.6. The number of pyridine rings is 1. The van der Waals surface area contributed by atoms with Crippen molar-refractivity contribution in [3.05, 3.63) is 96.3 Å². The van der Waals surface area contributed by atoms with Crippen molar-refractivity contribution in [1.82, 2.24) is 4.98 Å². The van der Waals surface area contributed by atoms with E-state index < -0.39 is 0 Å². The number of nitrogens with one attached hydrogen (secondary N) is 1. The Balaban J connectivity index is 1.52. The van der Waals surface area contributed by atoms with E-state index in [0.717, 1.165) is 17.7 Å². The van der Waals surface area contributed by atoms with Crippen LogP contribution in [0.3, 0.4) is 0 Å². The quantitative estimate of drug-likeness (QED) is 0.648. The molecule has 3 rings (SSSR count). The van der Waals surface area contributed by atoms with Crippen molar-refractivity contribution in [1.29, 1.82) is 0 Å². The Morgan fingerprint density at radius 3 is 2.62 bits per heavy atom. The zero-order valence-electron chi connectivity index (χ0n) is 14.3. The molecule has 4 heteroatoms. The highest BCUT2D eigenvalue weighted by molar-refractivity contribution is 6.02. The molecule has 0 fully saturated rings. The zero-order valence-corrected chi connectivity index (χ0v) is 14.3. The highest BCUT2D eigenvalue weighted by Gasteiger charge is 2.01. The van der Waals surface area contributed by atoms with E-state index >= 15 is 0 Å². The minimum absolute atomic E-state index is 0.191. The van der Waals surface area contributed by atoms with E-state index in [1.165, 1.54) is 11.6 Å². The fourth-order valence-electron chi connectivity index (χ4n) is 2.43. The molecule has 0 aliphatic heterocycles. The Hall–Kier alpha value is -3.40. The summed E-state index contributed by atoms with van der Waals surface area (Å²) in [5.74, 6) is 0.542. The third kappa shape index (κ3) is 5.60. The van der Waals surface area contributed by atoms with Gasteiger partial charge in [-0.15, -0.1) is 0 Å². The van der Waals surface area contributed by atoms with E-state index in [9.17, 15) is 4.79 Å². The van der Waals surface area contributed by atoms with Crippen LogP contribution in [0, 0.1) is 0 Å². The number of anilines is 1. The third-order valence-corrected chi connectivity index (χ3v) is 3.74. The number of rotatable bonds is 7. The molecular formula is C22H20N2O2. The highest BCUT2D eigenvalue weighted by Crippen LogP contribution is 2.18. The summed E-state index contributed by atoms with van der Waals surface area (Å²) in [6, 6.07) is 21.3. The maximum Gasteiger partial charge on any atom is 0.248 e. The number of nitrogens with zero attached hydrogens (tertiary/aromatic N) is 1. The molecule has 0 radical (unpaired) electrons. The minimum Gasteiger partial charge on any atom is -0.493 e. The average Bonchev–Trinajstić information content (AvgIpc) is 2.68. The molecule has 0 saturated carbocycles. The molecule has 4 nitrogen and oxygen atoms in total. The van der Waals surface area contributed by atoms with Crippen molar-refractivity contribution in [3.8, 4) is 5.75 Å². The molecular weight excluding hydrogens is 324 g/mol. The first-order chi connectivity index (χ1) is 12.8. The first kappa shape index (κ1) is 17.4. The second-order valence-electron chi connectivity index (χ2n) is 5.72. The lowest BCUT2D eigenvalue weighted by molar-refractivity contribution is -0.111. The number of aromatic nitrogens is 1. The summed E-state index contributed by atoms with van der Waals surface area (Å²) in [5.41, 5.74) is 2.86. The lowest BCUT2D eigenvalue weighted by Gasteiger charge is -2.08. The van der Waals surface area contributed by atoms with Crippen LogP contribution in [-0.4, -0.2) is 17.5 Å². The topological polar surface area (TPSA) is 51.2 Å². The summed E-state index contributed by atoms with van der Waals surface area (Å²) < 4.78 is 5.79. The van der Waals surface area contributed by atoms with E-state index in [2.05, 4.69) is 22.4 Å². The molecule has 26 heavy (non-hydrogen) atoms. The van der Waals surface area contributed by atoms with Crippen molar-refractivity contribution in [2.24, 2.45) is 0 Å². The van der Waals surface area contributed by atoms with Gasteiger partial charge in [-0.1, -0.05) is 36.4 Å². The van der Waals surface area contributed by atoms with Gasteiger partial charge in [-0.05, 0) is 41.5 Å². The Labute approximate surface area is 153 Å². The van der Waals surface area contributed by atoms with Crippen LogP contribution < -0.4 is 10.1 Å². The number of carbonyl (C=O) groups excluding carboxylic acids is 1. The SMILES string of the molecule is O=C(/C=C/c1ccncc1)Nc1cccc(OCCc2ccccc2)c1. The molecule has 0 aliphatic carbocycles. The van der Waals surface area contributed by atoms with Gasteiger partial charge in [0.1, 0.15) is 5.75 Å². The molecule has 1 N–H and O–H groups in total. The predicted molar refractivity (Wildman–Crippen MR) is 104 cm³/mol. The number of carbonyl (C=O) groups is 1. The van der Waals surface area contributed by atoms with Gasteiger partial charge in [-0.2, -0.15) is 0 Å². The monoisotopic (exact) mass is 344 g/mol. The molecule has 130 valence electrons. The Morgan fingerprint density at radius 2 is 1.81 bits per heavy atom. The van der Waals surface area contributed by atoms with Crippen LogP contribution in [0.1, 0.15) is 11.1 Å². The van der Waals surface area contributed by atoms with Crippen LogP contribution in [0.2, 0.25) is 0 Å². The lowest BCUT2D eigenvalue weighted by atomic mass is 10.2. The van der Waals surface area contributed by atoms with Gasteiger partial charge in [0.05, 0.1) is 6.61 Å². The fraction of sp³-hybridized carbons (Fsp3) is 0.0909. The lowest BCUT2D eigenvalue weighted by Crippen LogP contribution is -2.08. The molecule has 0 atom stereocenters. The maximum atomic E-state index is 12.0. The maximum absolute atomic E-state index is 12.0. The predicted octanol–water partition coefficient (Wildman–Crippen LogP) is 4.36. The van der Waals surface area contributed by atoms with E-state index in [4.69, 9.17) is 4.74 Å². The molecule has 0 spiro atoms. The van der Waals surface area contributed by atoms with E-state index in [-0.39, 0.29) is 5.91 Å². The molecule has 2 aromatic carbocycles. The number of ether oxygens (including phenoxy) is 1. The van der Waals surface area contributed by atoms with E-state index in [0.29, 0.717) is 12.3 Å². The van der Waals surface area contributed by atoms with Crippen molar-refractivity contribution >= 4 is 17.7 Å². The number of hydrogen-bond donors (Lipinski definition) is 1. The Morgan fingerprint density at radius 1 is 1.00 bits per heavy atom. The van der Waals surface area contributed by atoms with Crippen molar-refractivity contribution in [2.75, 3.05) is 11.9 Å². The van der Waals surface area contributed by atoms with Crippen molar-refractivity contribution in [2.45, 2.75) is 6.42 Å². The van der Waals surface area contributed by atoms with Gasteiger partial charge in [-0.25, -0.2) is 0 Å². The van der Waals surface area contributed by atoms with Gasteiger partial charge < -0.3 is 10.1 Å². The summed E-state index contributed by atoms with van der Waals surface area (Å²) in [6.45, 7) is 0.587. The van der Waals surface area contributed by atoms with E-state index in [1.54, 1.807) is 18.5 Å². The second kappa shape index (κ2) is 9.18. The first-order valence-electron chi connectivity index (χ1n) is 8.45. The first-order valence-corrected chi connectivity index (χ1v) is 8.45. The van der Waals surface area contributed by atoms with Gasteiger partial charge in [-0.3, -0.25) is 9.78 Å². The summed E-state index contributed by atoms with van der Waals surface area (Å²) in [5, 5.41) is 2.84. The number of benzene rings is 2. The van der Waals surface area contributed by atoms with Crippen LogP contribution in [0.4, 0.5) is 5.69 Å². The third-order valence-electron chi connectivity index (χ3n) is 3.74. The van der Waals surface area contributed by atoms with E-state index in [1.807, 2.05) is 54.6 Å². The average molecular weight is 344 g/mol. The largest absolute Gasteiger partial charge is 0.493 e. The molecule has 1 heterocycles. The molecule has 0 saturated heterocycles. The van der Waals surface area contributed by atoms with Gasteiger partial charge in [0.2, 0.25) is 5.91 Å². The van der Waals surface area contributed by atoms with Crippen molar-refractivity contribution in [3.63, 3.8) is 0 Å². The fourth-order valence-corrected chi connectivity index (χ4v) is 2.43. The molecule has 1 amide bonds. The van der Waals surface area contributed by atoms with Crippen LogP contribution in [0.25, 0.3) is 6.08 Å². The van der Waals surface area contributed by atoms with Crippen LogP contribution in [0.5, 0.6) is 5.75 Å². The second-order valence-corrected chi connectivity index (χ2v) is 5.72. The van der Waals surface area contributed by atoms with Gasteiger partial charge in [0.25, 0.3) is 0 Å². The minimum atomic E-state index is -0.191. The Kier molecular flexibility index (Phi) is 6.15. The summed E-state index contributed by atoms with van der Waals surface area (Å²) in [6.07, 6.45) is 7.46. The van der Waals surface area contributed by atoms with Crippen LogP contribution in [0.15, 0.2) is 85.2 Å². The molecule has 1 aromatic heterocycles. The molecule has 0 bridgehead atoms. The zero-order chi connectivity index (χ0) is 18.0. The van der Waals surface area contributed by atoms with Crippen molar-refractivity contribution < 1.29 is 9.53 Å². The standard InChI is InChI=1S/C22H20N2O2/c25-22(10-9-19-11-14-23-15-12-19)24-20-7-4-8-21(17-20)26-16-13-18-5-2-1-3-6-18/h1-12,14-15,17H,13,16H2,(H,24,25)/b10-9+.